The normalized spacial score (nSPS) is 20.3. The number of imidazole rings is 1. The number of rotatable bonds is 3. The van der Waals surface area contributed by atoms with Crippen molar-refractivity contribution in [2.24, 2.45) is 5.92 Å². The Kier molecular flexibility index (Phi) is 3.74. The van der Waals surface area contributed by atoms with E-state index in [1.54, 1.807) is 6.33 Å². The number of H-pyrrole nitrogens is 1. The van der Waals surface area contributed by atoms with Gasteiger partial charge < -0.3 is 15.2 Å². The number of piperidine rings is 1. The third-order valence-electron chi connectivity index (χ3n) is 4.15. The van der Waals surface area contributed by atoms with Crippen molar-refractivity contribution >= 4 is 16.7 Å². The van der Waals surface area contributed by atoms with E-state index in [0.29, 0.717) is 5.92 Å². The topological polar surface area (TPSA) is 44.0 Å². The van der Waals surface area contributed by atoms with E-state index in [-0.39, 0.29) is 0 Å². The minimum atomic E-state index is 0.669. The van der Waals surface area contributed by atoms with Crippen molar-refractivity contribution in [1.29, 1.82) is 0 Å². The second kappa shape index (κ2) is 5.67. The van der Waals surface area contributed by atoms with E-state index in [4.69, 9.17) is 0 Å². The van der Waals surface area contributed by atoms with Crippen molar-refractivity contribution in [3.63, 3.8) is 0 Å². The van der Waals surface area contributed by atoms with Crippen LogP contribution >= 0.6 is 0 Å². The Labute approximate surface area is 119 Å². The Balaban J connectivity index is 1.78. The summed E-state index contributed by atoms with van der Waals surface area (Å²) in [6.07, 6.45) is 6.57. The van der Waals surface area contributed by atoms with Crippen LogP contribution in [0.5, 0.6) is 0 Å². The van der Waals surface area contributed by atoms with Crippen molar-refractivity contribution in [3.8, 4) is 0 Å². The summed E-state index contributed by atoms with van der Waals surface area (Å²) in [6, 6.07) is 6.32. The summed E-state index contributed by atoms with van der Waals surface area (Å²) in [4.78, 5) is 9.62. The summed E-state index contributed by atoms with van der Waals surface area (Å²) >= 11 is 0. The first-order valence-electron chi connectivity index (χ1n) is 7.29. The zero-order chi connectivity index (χ0) is 13.9. The van der Waals surface area contributed by atoms with Crippen LogP contribution in [0.25, 0.3) is 11.0 Å². The number of benzene rings is 1. The van der Waals surface area contributed by atoms with Crippen LogP contribution < -0.4 is 10.2 Å². The first-order valence-corrected chi connectivity index (χ1v) is 7.29. The molecular weight excluding hydrogens is 248 g/mol. The van der Waals surface area contributed by atoms with Gasteiger partial charge in [-0.2, -0.15) is 0 Å². The molecule has 1 saturated heterocycles. The second-order valence-corrected chi connectivity index (χ2v) is 5.63. The minimum Gasteiger partial charge on any atom is -0.351 e. The van der Waals surface area contributed by atoms with Gasteiger partial charge in [0.25, 0.3) is 0 Å². The summed E-state index contributed by atoms with van der Waals surface area (Å²) in [6.45, 7) is 4.51. The molecule has 106 valence electrons. The Morgan fingerprint density at radius 1 is 1.45 bits per heavy atom. The zero-order valence-electron chi connectivity index (χ0n) is 12.2. The molecule has 4 heteroatoms. The van der Waals surface area contributed by atoms with Gasteiger partial charge in [0.1, 0.15) is 0 Å². The van der Waals surface area contributed by atoms with Crippen molar-refractivity contribution in [1.82, 2.24) is 15.3 Å². The SMILES string of the molecule is CC(=CN(C)c1ccc2nc[nH]c2c1)C1CCCNC1. The number of nitrogens with one attached hydrogen (secondary N) is 2. The third kappa shape index (κ3) is 2.70. The summed E-state index contributed by atoms with van der Waals surface area (Å²) in [5, 5.41) is 3.48. The first kappa shape index (κ1) is 13.2. The molecule has 0 radical (unpaired) electrons. The molecule has 1 aliphatic rings. The maximum absolute atomic E-state index is 4.26. The number of fused-ring (bicyclic) bond motifs is 1. The lowest BCUT2D eigenvalue weighted by Gasteiger charge is -2.25. The quantitative estimate of drug-likeness (QED) is 0.901. The highest BCUT2D eigenvalue weighted by molar-refractivity contribution is 5.79. The summed E-state index contributed by atoms with van der Waals surface area (Å²) in [5.41, 5.74) is 4.73. The van der Waals surface area contributed by atoms with Crippen LogP contribution in [0, 0.1) is 5.92 Å². The molecule has 1 aliphatic heterocycles. The predicted octanol–water partition coefficient (Wildman–Crippen LogP) is 2.90. The van der Waals surface area contributed by atoms with Crippen LogP contribution in [0.15, 0.2) is 36.3 Å². The molecule has 3 rings (SSSR count). The molecule has 1 aromatic heterocycles. The van der Waals surface area contributed by atoms with Gasteiger partial charge in [0.15, 0.2) is 0 Å². The standard InChI is InChI=1S/C16H22N4/c1-12(13-4-3-7-17-9-13)10-20(2)14-5-6-15-16(8-14)19-11-18-15/h5-6,8,10-11,13,17H,3-4,7,9H2,1-2H3,(H,18,19). The van der Waals surface area contributed by atoms with Gasteiger partial charge in [0, 0.05) is 25.5 Å². The molecular formula is C16H22N4. The fourth-order valence-corrected chi connectivity index (χ4v) is 2.87. The molecule has 0 spiro atoms. The van der Waals surface area contributed by atoms with Crippen molar-refractivity contribution < 1.29 is 0 Å². The van der Waals surface area contributed by atoms with Crippen LogP contribution in [0.4, 0.5) is 5.69 Å². The molecule has 2 aromatic rings. The average molecular weight is 270 g/mol. The lowest BCUT2D eigenvalue weighted by atomic mass is 9.93. The predicted molar refractivity (Wildman–Crippen MR) is 83.8 cm³/mol. The van der Waals surface area contributed by atoms with Gasteiger partial charge >= 0.3 is 0 Å². The molecule has 0 aliphatic carbocycles. The van der Waals surface area contributed by atoms with Gasteiger partial charge in [0.05, 0.1) is 17.4 Å². The lowest BCUT2D eigenvalue weighted by molar-refractivity contribution is 0.421. The highest BCUT2D eigenvalue weighted by Gasteiger charge is 2.15. The molecule has 0 saturated carbocycles. The number of hydrogen-bond donors (Lipinski definition) is 2. The maximum Gasteiger partial charge on any atom is 0.0931 e. The molecule has 1 aromatic carbocycles. The van der Waals surface area contributed by atoms with Crippen LogP contribution in [-0.2, 0) is 0 Å². The van der Waals surface area contributed by atoms with Crippen LogP contribution in [0.3, 0.4) is 0 Å². The monoisotopic (exact) mass is 270 g/mol. The fourth-order valence-electron chi connectivity index (χ4n) is 2.87. The Hall–Kier alpha value is -1.81. The van der Waals surface area contributed by atoms with Gasteiger partial charge in [-0.3, -0.25) is 0 Å². The van der Waals surface area contributed by atoms with Crippen LogP contribution in [-0.4, -0.2) is 30.1 Å². The minimum absolute atomic E-state index is 0.669. The molecule has 1 atom stereocenters. The fraction of sp³-hybridized carbons (Fsp3) is 0.438. The maximum atomic E-state index is 4.26. The number of aromatic nitrogens is 2. The molecule has 2 N–H and O–H groups in total. The second-order valence-electron chi connectivity index (χ2n) is 5.63. The van der Waals surface area contributed by atoms with Crippen LogP contribution in [0.1, 0.15) is 19.8 Å². The van der Waals surface area contributed by atoms with E-state index in [2.05, 4.69) is 58.6 Å². The number of anilines is 1. The molecule has 0 amide bonds. The van der Waals surface area contributed by atoms with E-state index in [9.17, 15) is 0 Å². The van der Waals surface area contributed by atoms with Gasteiger partial charge in [-0.05, 0) is 50.4 Å². The largest absolute Gasteiger partial charge is 0.351 e. The number of hydrogen-bond acceptors (Lipinski definition) is 3. The molecule has 1 fully saturated rings. The molecule has 1 unspecified atom stereocenters. The van der Waals surface area contributed by atoms with Gasteiger partial charge in [-0.15, -0.1) is 0 Å². The molecule has 0 bridgehead atoms. The lowest BCUT2D eigenvalue weighted by Crippen LogP contribution is -2.30. The molecule has 2 heterocycles. The summed E-state index contributed by atoms with van der Waals surface area (Å²) in [7, 11) is 2.11. The van der Waals surface area contributed by atoms with E-state index in [1.807, 2.05) is 0 Å². The van der Waals surface area contributed by atoms with E-state index in [1.165, 1.54) is 24.1 Å². The molecule has 4 nitrogen and oxygen atoms in total. The van der Waals surface area contributed by atoms with Gasteiger partial charge in [-0.1, -0.05) is 5.57 Å². The summed E-state index contributed by atoms with van der Waals surface area (Å²) < 4.78 is 0. The van der Waals surface area contributed by atoms with Crippen LogP contribution in [0.2, 0.25) is 0 Å². The van der Waals surface area contributed by atoms with Crippen molar-refractivity contribution in [3.05, 3.63) is 36.3 Å². The number of aromatic amines is 1. The van der Waals surface area contributed by atoms with E-state index < -0.39 is 0 Å². The first-order chi connectivity index (χ1) is 9.74. The van der Waals surface area contributed by atoms with Gasteiger partial charge in [0.2, 0.25) is 0 Å². The summed E-state index contributed by atoms with van der Waals surface area (Å²) in [5.74, 6) is 0.669. The molecule has 20 heavy (non-hydrogen) atoms. The van der Waals surface area contributed by atoms with E-state index in [0.717, 1.165) is 24.1 Å². The Morgan fingerprint density at radius 2 is 2.35 bits per heavy atom. The zero-order valence-corrected chi connectivity index (χ0v) is 12.2. The average Bonchev–Trinajstić information content (AvgIpc) is 2.95. The Morgan fingerprint density at radius 3 is 3.15 bits per heavy atom. The third-order valence-corrected chi connectivity index (χ3v) is 4.15. The number of nitrogens with zero attached hydrogens (tertiary/aromatic N) is 2. The van der Waals surface area contributed by atoms with Crippen molar-refractivity contribution in [2.75, 3.05) is 25.0 Å². The van der Waals surface area contributed by atoms with Gasteiger partial charge in [-0.25, -0.2) is 4.98 Å². The Bertz CT molecular complexity index is 608. The smallest absolute Gasteiger partial charge is 0.0931 e. The van der Waals surface area contributed by atoms with Crippen molar-refractivity contribution in [2.45, 2.75) is 19.8 Å². The highest BCUT2D eigenvalue weighted by atomic mass is 15.1. The van der Waals surface area contributed by atoms with E-state index >= 15 is 0 Å². The highest BCUT2D eigenvalue weighted by Crippen LogP contribution is 2.23.